The molecule has 0 saturated heterocycles. The largest absolute Gasteiger partial charge is 0.481 e. The van der Waals surface area contributed by atoms with Crippen LogP contribution in [0.2, 0.25) is 0 Å². The van der Waals surface area contributed by atoms with Gasteiger partial charge in [-0.15, -0.1) is 0 Å². The predicted octanol–water partition coefficient (Wildman–Crippen LogP) is 0.337. The summed E-state index contributed by atoms with van der Waals surface area (Å²) in [6.45, 7) is 1.80. The third kappa shape index (κ3) is 7.27. The van der Waals surface area contributed by atoms with Gasteiger partial charge in [0.15, 0.2) is 5.78 Å². The van der Waals surface area contributed by atoms with Crippen molar-refractivity contribution in [2.45, 2.75) is 32.6 Å². The standard InChI is InChI=1S/C9H15NO4/c1-2-3-8(12)10-6-7(11)4-5-9(13)14/h2-6H2,1H3,(H,10,12)(H,13,14). The third-order valence-electron chi connectivity index (χ3n) is 1.58. The Morgan fingerprint density at radius 1 is 1.14 bits per heavy atom. The van der Waals surface area contributed by atoms with Crippen molar-refractivity contribution in [3.8, 4) is 0 Å². The highest BCUT2D eigenvalue weighted by molar-refractivity contribution is 5.87. The summed E-state index contributed by atoms with van der Waals surface area (Å²) in [4.78, 5) is 32.0. The van der Waals surface area contributed by atoms with Gasteiger partial charge in [0, 0.05) is 12.8 Å². The molecule has 0 aromatic rings. The number of carboxylic acids is 1. The highest BCUT2D eigenvalue weighted by atomic mass is 16.4. The molecule has 0 aromatic carbocycles. The fraction of sp³-hybridized carbons (Fsp3) is 0.667. The van der Waals surface area contributed by atoms with E-state index in [-0.39, 0.29) is 31.1 Å². The minimum absolute atomic E-state index is 0.0261. The minimum atomic E-state index is -1.00. The van der Waals surface area contributed by atoms with E-state index in [1.165, 1.54) is 0 Å². The van der Waals surface area contributed by atoms with E-state index in [1.807, 2.05) is 6.92 Å². The van der Waals surface area contributed by atoms with Crippen LogP contribution in [0, 0.1) is 0 Å². The molecule has 0 unspecified atom stereocenters. The van der Waals surface area contributed by atoms with Crippen LogP contribution in [0.1, 0.15) is 32.6 Å². The Labute approximate surface area is 82.5 Å². The van der Waals surface area contributed by atoms with Crippen LogP contribution in [-0.4, -0.2) is 29.3 Å². The molecule has 5 heteroatoms. The molecule has 14 heavy (non-hydrogen) atoms. The maximum absolute atomic E-state index is 11.0. The van der Waals surface area contributed by atoms with Crippen LogP contribution in [0.3, 0.4) is 0 Å². The quantitative estimate of drug-likeness (QED) is 0.622. The van der Waals surface area contributed by atoms with E-state index in [9.17, 15) is 14.4 Å². The molecule has 0 spiro atoms. The van der Waals surface area contributed by atoms with E-state index in [4.69, 9.17) is 5.11 Å². The van der Waals surface area contributed by atoms with E-state index in [2.05, 4.69) is 5.32 Å². The number of ketones is 1. The van der Waals surface area contributed by atoms with Crippen molar-refractivity contribution in [3.05, 3.63) is 0 Å². The lowest BCUT2D eigenvalue weighted by Gasteiger charge is -2.02. The SMILES string of the molecule is CCCC(=O)NCC(=O)CCC(=O)O. The highest BCUT2D eigenvalue weighted by Crippen LogP contribution is 1.91. The normalized spacial score (nSPS) is 9.50. The van der Waals surface area contributed by atoms with Gasteiger partial charge in [-0.1, -0.05) is 6.92 Å². The minimum Gasteiger partial charge on any atom is -0.481 e. The summed E-state index contributed by atoms with van der Waals surface area (Å²) < 4.78 is 0. The average molecular weight is 201 g/mol. The van der Waals surface area contributed by atoms with Crippen LogP contribution in [0.15, 0.2) is 0 Å². The maximum atomic E-state index is 11.0. The predicted molar refractivity (Wildman–Crippen MR) is 49.8 cm³/mol. The van der Waals surface area contributed by atoms with Gasteiger partial charge in [0.05, 0.1) is 13.0 Å². The van der Waals surface area contributed by atoms with Crippen molar-refractivity contribution in [3.63, 3.8) is 0 Å². The number of aliphatic carboxylic acids is 1. The number of nitrogens with one attached hydrogen (secondary N) is 1. The van der Waals surface area contributed by atoms with Crippen molar-refractivity contribution < 1.29 is 19.5 Å². The first-order chi connectivity index (χ1) is 6.56. The zero-order valence-electron chi connectivity index (χ0n) is 8.21. The number of amides is 1. The Balaban J connectivity index is 3.53. The van der Waals surface area contributed by atoms with E-state index < -0.39 is 5.97 Å². The lowest BCUT2D eigenvalue weighted by molar-refractivity contribution is -0.138. The average Bonchev–Trinajstić information content (AvgIpc) is 2.12. The number of carboxylic acid groups (broad SMARTS) is 1. The molecular weight excluding hydrogens is 186 g/mol. The van der Waals surface area contributed by atoms with E-state index in [1.54, 1.807) is 0 Å². The second-order valence-corrected chi connectivity index (χ2v) is 2.96. The Hall–Kier alpha value is -1.39. The Morgan fingerprint density at radius 3 is 2.29 bits per heavy atom. The summed E-state index contributed by atoms with van der Waals surface area (Å²) in [6.07, 6.45) is 0.922. The Bertz CT molecular complexity index is 225. The first-order valence-electron chi connectivity index (χ1n) is 4.56. The molecule has 0 radical (unpaired) electrons. The molecule has 0 fully saturated rings. The van der Waals surface area contributed by atoms with Crippen LogP contribution in [-0.2, 0) is 14.4 Å². The molecule has 0 saturated carbocycles. The second kappa shape index (κ2) is 7.06. The monoisotopic (exact) mass is 201 g/mol. The second-order valence-electron chi connectivity index (χ2n) is 2.96. The van der Waals surface area contributed by atoms with Crippen LogP contribution < -0.4 is 5.32 Å². The van der Waals surface area contributed by atoms with Crippen LogP contribution >= 0.6 is 0 Å². The molecule has 0 bridgehead atoms. The van der Waals surface area contributed by atoms with Gasteiger partial charge < -0.3 is 10.4 Å². The molecule has 0 atom stereocenters. The van der Waals surface area contributed by atoms with Gasteiger partial charge in [-0.05, 0) is 6.42 Å². The molecule has 0 aliphatic heterocycles. The molecule has 2 N–H and O–H groups in total. The number of Topliss-reactive ketones (excluding diaryl/α,β-unsaturated/α-hetero) is 1. The lowest BCUT2D eigenvalue weighted by atomic mass is 10.2. The third-order valence-corrected chi connectivity index (χ3v) is 1.58. The first kappa shape index (κ1) is 12.6. The zero-order chi connectivity index (χ0) is 11.0. The molecule has 1 amide bonds. The fourth-order valence-corrected chi connectivity index (χ4v) is 0.847. The summed E-state index contributed by atoms with van der Waals surface area (Å²) in [7, 11) is 0. The lowest BCUT2D eigenvalue weighted by Crippen LogP contribution is -2.29. The molecule has 5 nitrogen and oxygen atoms in total. The van der Waals surface area contributed by atoms with Gasteiger partial charge in [-0.25, -0.2) is 0 Å². The van der Waals surface area contributed by atoms with Crippen molar-refractivity contribution in [2.24, 2.45) is 0 Å². The fourth-order valence-electron chi connectivity index (χ4n) is 0.847. The highest BCUT2D eigenvalue weighted by Gasteiger charge is 2.06. The van der Waals surface area contributed by atoms with Crippen LogP contribution in [0.25, 0.3) is 0 Å². The van der Waals surface area contributed by atoms with E-state index in [0.29, 0.717) is 6.42 Å². The molecule has 0 rings (SSSR count). The maximum Gasteiger partial charge on any atom is 0.303 e. The number of carbonyl (C=O) groups is 3. The van der Waals surface area contributed by atoms with E-state index in [0.717, 1.165) is 6.42 Å². The molecule has 0 aromatic heterocycles. The van der Waals surface area contributed by atoms with Gasteiger partial charge in [0.2, 0.25) is 5.91 Å². The number of hydrogen-bond donors (Lipinski definition) is 2. The number of hydrogen-bond acceptors (Lipinski definition) is 3. The Kier molecular flexibility index (Phi) is 6.36. The van der Waals surface area contributed by atoms with Crippen molar-refractivity contribution in [1.82, 2.24) is 5.32 Å². The topological polar surface area (TPSA) is 83.5 Å². The zero-order valence-corrected chi connectivity index (χ0v) is 8.21. The first-order valence-corrected chi connectivity index (χ1v) is 4.56. The number of rotatable bonds is 7. The van der Waals surface area contributed by atoms with Crippen LogP contribution in [0.4, 0.5) is 0 Å². The van der Waals surface area contributed by atoms with Gasteiger partial charge in [-0.2, -0.15) is 0 Å². The molecule has 80 valence electrons. The van der Waals surface area contributed by atoms with Gasteiger partial charge in [-0.3, -0.25) is 14.4 Å². The summed E-state index contributed by atoms with van der Waals surface area (Å²) >= 11 is 0. The summed E-state index contributed by atoms with van der Waals surface area (Å²) in [5, 5.41) is 10.7. The summed E-state index contributed by atoms with van der Waals surface area (Å²) in [5.74, 6) is -1.42. The van der Waals surface area contributed by atoms with Gasteiger partial charge >= 0.3 is 5.97 Å². The van der Waals surface area contributed by atoms with Crippen LogP contribution in [0.5, 0.6) is 0 Å². The summed E-state index contributed by atoms with van der Waals surface area (Å²) in [6, 6.07) is 0. The van der Waals surface area contributed by atoms with Gasteiger partial charge in [0.25, 0.3) is 0 Å². The van der Waals surface area contributed by atoms with Crippen molar-refractivity contribution in [1.29, 1.82) is 0 Å². The van der Waals surface area contributed by atoms with Crippen molar-refractivity contribution in [2.75, 3.05) is 6.54 Å². The molecule has 0 aliphatic rings. The van der Waals surface area contributed by atoms with E-state index >= 15 is 0 Å². The molecule has 0 aliphatic carbocycles. The smallest absolute Gasteiger partial charge is 0.303 e. The summed E-state index contributed by atoms with van der Waals surface area (Å²) in [5.41, 5.74) is 0. The van der Waals surface area contributed by atoms with Crippen molar-refractivity contribution >= 4 is 17.7 Å². The van der Waals surface area contributed by atoms with Gasteiger partial charge in [0.1, 0.15) is 0 Å². The Morgan fingerprint density at radius 2 is 1.79 bits per heavy atom. The number of carbonyl (C=O) groups excluding carboxylic acids is 2. The molecule has 0 heterocycles. The molecular formula is C9H15NO4.